The lowest BCUT2D eigenvalue weighted by Gasteiger charge is -2.26. The third-order valence-electron chi connectivity index (χ3n) is 3.64. The predicted molar refractivity (Wildman–Crippen MR) is 72.6 cm³/mol. The number of nitrogens with zero attached hydrogens (tertiary/aromatic N) is 3. The first-order valence-corrected chi connectivity index (χ1v) is 6.91. The maximum atomic E-state index is 12.2. The molecule has 2 amide bonds. The molecule has 8 heteroatoms. The monoisotopic (exact) mass is 291 g/mol. The van der Waals surface area contributed by atoms with Crippen LogP contribution < -0.4 is 10.6 Å². The van der Waals surface area contributed by atoms with Crippen LogP contribution in [0.5, 0.6) is 0 Å². The molecule has 0 saturated heterocycles. The second kappa shape index (κ2) is 5.19. The van der Waals surface area contributed by atoms with Crippen LogP contribution in [0.15, 0.2) is 15.1 Å². The van der Waals surface area contributed by atoms with Crippen molar-refractivity contribution < 1.29 is 13.8 Å². The summed E-state index contributed by atoms with van der Waals surface area (Å²) in [5, 5.41) is 13.3. The standard InChI is InChI=1S/C13H17N5O3/c1-8-7-10(17-20-8)15-12(19)16-13(5-3-4-6-13)11-14-9(2)21-18-11/h7H,3-6H2,1-2H3,(H2,15,16,17,19). The number of aryl methyl sites for hydroxylation is 2. The highest BCUT2D eigenvalue weighted by Gasteiger charge is 2.41. The molecule has 8 nitrogen and oxygen atoms in total. The zero-order chi connectivity index (χ0) is 14.9. The summed E-state index contributed by atoms with van der Waals surface area (Å²) >= 11 is 0. The first-order chi connectivity index (χ1) is 10.1. The molecule has 0 aliphatic heterocycles. The van der Waals surface area contributed by atoms with Gasteiger partial charge in [0.1, 0.15) is 11.3 Å². The van der Waals surface area contributed by atoms with Crippen LogP contribution in [-0.4, -0.2) is 21.3 Å². The summed E-state index contributed by atoms with van der Waals surface area (Å²) in [4.78, 5) is 16.4. The van der Waals surface area contributed by atoms with Gasteiger partial charge in [0, 0.05) is 13.0 Å². The molecule has 1 fully saturated rings. The van der Waals surface area contributed by atoms with Crippen molar-refractivity contribution in [3.8, 4) is 0 Å². The molecule has 1 aliphatic rings. The molecule has 21 heavy (non-hydrogen) atoms. The molecule has 2 aromatic rings. The number of carbonyl (C=O) groups excluding carboxylic acids is 1. The van der Waals surface area contributed by atoms with Crippen LogP contribution in [0, 0.1) is 13.8 Å². The van der Waals surface area contributed by atoms with Gasteiger partial charge >= 0.3 is 6.03 Å². The van der Waals surface area contributed by atoms with Gasteiger partial charge in [0.15, 0.2) is 11.6 Å². The SMILES string of the molecule is Cc1cc(NC(=O)NC2(c3noc(C)n3)CCCC2)no1. The van der Waals surface area contributed by atoms with Crippen molar-refractivity contribution in [2.75, 3.05) is 5.32 Å². The van der Waals surface area contributed by atoms with Gasteiger partial charge in [0.05, 0.1) is 0 Å². The number of hydrogen-bond acceptors (Lipinski definition) is 6. The van der Waals surface area contributed by atoms with E-state index >= 15 is 0 Å². The van der Waals surface area contributed by atoms with E-state index in [1.807, 2.05) is 0 Å². The second-order valence-electron chi connectivity index (χ2n) is 5.33. The number of carbonyl (C=O) groups is 1. The third-order valence-corrected chi connectivity index (χ3v) is 3.64. The van der Waals surface area contributed by atoms with Crippen LogP contribution in [0.4, 0.5) is 10.6 Å². The average Bonchev–Trinajstić information content (AvgIpc) is 3.12. The van der Waals surface area contributed by atoms with Gasteiger partial charge in [-0.3, -0.25) is 5.32 Å². The molecule has 0 aromatic carbocycles. The molecule has 0 unspecified atom stereocenters. The normalized spacial score (nSPS) is 16.9. The van der Waals surface area contributed by atoms with Gasteiger partial charge in [-0.25, -0.2) is 4.79 Å². The number of nitrogens with one attached hydrogen (secondary N) is 2. The predicted octanol–water partition coefficient (Wildman–Crippen LogP) is 2.27. The Kier molecular flexibility index (Phi) is 3.36. The van der Waals surface area contributed by atoms with E-state index < -0.39 is 5.54 Å². The summed E-state index contributed by atoms with van der Waals surface area (Å²) in [6.45, 7) is 3.49. The summed E-state index contributed by atoms with van der Waals surface area (Å²) < 4.78 is 9.96. The van der Waals surface area contributed by atoms with Crippen molar-refractivity contribution in [2.45, 2.75) is 45.1 Å². The Labute approximate surface area is 121 Å². The Morgan fingerprint density at radius 2 is 2.00 bits per heavy atom. The van der Waals surface area contributed by atoms with Crippen LogP contribution in [-0.2, 0) is 5.54 Å². The summed E-state index contributed by atoms with van der Waals surface area (Å²) in [6, 6.07) is 1.30. The van der Waals surface area contributed by atoms with E-state index in [1.165, 1.54) is 0 Å². The Morgan fingerprint density at radius 3 is 2.57 bits per heavy atom. The van der Waals surface area contributed by atoms with Crippen molar-refractivity contribution in [1.29, 1.82) is 0 Å². The van der Waals surface area contributed by atoms with Crippen LogP contribution >= 0.6 is 0 Å². The minimum atomic E-state index is -0.569. The molecule has 2 aromatic heterocycles. The van der Waals surface area contributed by atoms with E-state index in [2.05, 4.69) is 25.9 Å². The van der Waals surface area contributed by atoms with Crippen molar-refractivity contribution in [3.63, 3.8) is 0 Å². The first-order valence-electron chi connectivity index (χ1n) is 6.91. The summed E-state index contributed by atoms with van der Waals surface area (Å²) in [6.07, 6.45) is 3.60. The number of anilines is 1. The lowest BCUT2D eigenvalue weighted by molar-refractivity contribution is 0.232. The lowest BCUT2D eigenvalue weighted by atomic mass is 9.97. The third kappa shape index (κ3) is 2.74. The fourth-order valence-electron chi connectivity index (χ4n) is 2.67. The molecular weight excluding hydrogens is 274 g/mol. The Balaban J connectivity index is 1.75. The number of aromatic nitrogens is 3. The molecule has 2 heterocycles. The molecule has 0 spiro atoms. The van der Waals surface area contributed by atoms with Gasteiger partial charge in [0.25, 0.3) is 0 Å². The number of urea groups is 1. The zero-order valence-corrected chi connectivity index (χ0v) is 12.0. The largest absolute Gasteiger partial charge is 0.360 e. The van der Waals surface area contributed by atoms with Gasteiger partial charge in [-0.05, 0) is 19.8 Å². The van der Waals surface area contributed by atoms with Gasteiger partial charge in [0.2, 0.25) is 5.89 Å². The number of hydrogen-bond donors (Lipinski definition) is 2. The van der Waals surface area contributed by atoms with E-state index in [0.29, 0.717) is 23.3 Å². The minimum Gasteiger partial charge on any atom is -0.360 e. The van der Waals surface area contributed by atoms with Crippen molar-refractivity contribution in [1.82, 2.24) is 20.6 Å². The van der Waals surface area contributed by atoms with Gasteiger partial charge < -0.3 is 14.4 Å². The Bertz CT molecular complexity index is 642. The summed E-state index contributed by atoms with van der Waals surface area (Å²) in [7, 11) is 0. The fraction of sp³-hybridized carbons (Fsp3) is 0.538. The second-order valence-corrected chi connectivity index (χ2v) is 5.33. The highest BCUT2D eigenvalue weighted by atomic mass is 16.5. The first kappa shape index (κ1) is 13.6. The number of amides is 2. The van der Waals surface area contributed by atoms with E-state index in [0.717, 1.165) is 25.7 Å². The molecule has 0 radical (unpaired) electrons. The quantitative estimate of drug-likeness (QED) is 0.898. The maximum Gasteiger partial charge on any atom is 0.321 e. The van der Waals surface area contributed by atoms with Crippen LogP contribution in [0.3, 0.4) is 0 Å². The highest BCUT2D eigenvalue weighted by Crippen LogP contribution is 2.37. The minimum absolute atomic E-state index is 0.354. The average molecular weight is 291 g/mol. The Morgan fingerprint density at radius 1 is 1.24 bits per heavy atom. The van der Waals surface area contributed by atoms with Crippen molar-refractivity contribution in [2.24, 2.45) is 0 Å². The van der Waals surface area contributed by atoms with Gasteiger partial charge in [-0.1, -0.05) is 23.2 Å². The van der Waals surface area contributed by atoms with E-state index in [-0.39, 0.29) is 6.03 Å². The number of rotatable bonds is 3. The highest BCUT2D eigenvalue weighted by molar-refractivity contribution is 5.88. The summed E-state index contributed by atoms with van der Waals surface area (Å²) in [5.74, 6) is 2.03. The van der Waals surface area contributed by atoms with E-state index in [4.69, 9.17) is 9.05 Å². The van der Waals surface area contributed by atoms with Crippen LogP contribution in [0.2, 0.25) is 0 Å². The van der Waals surface area contributed by atoms with Crippen LogP contribution in [0.1, 0.15) is 43.2 Å². The fourth-order valence-corrected chi connectivity index (χ4v) is 2.67. The molecular formula is C13H17N5O3. The summed E-state index contributed by atoms with van der Waals surface area (Å²) in [5.41, 5.74) is -0.569. The molecule has 112 valence electrons. The topological polar surface area (TPSA) is 106 Å². The van der Waals surface area contributed by atoms with Crippen molar-refractivity contribution >= 4 is 11.8 Å². The Hall–Kier alpha value is -2.38. The molecule has 2 N–H and O–H groups in total. The van der Waals surface area contributed by atoms with E-state index in [1.54, 1.807) is 19.9 Å². The lowest BCUT2D eigenvalue weighted by Crippen LogP contribution is -2.46. The molecule has 0 atom stereocenters. The zero-order valence-electron chi connectivity index (χ0n) is 12.0. The van der Waals surface area contributed by atoms with Crippen LogP contribution in [0.25, 0.3) is 0 Å². The molecule has 1 saturated carbocycles. The molecule has 1 aliphatic carbocycles. The molecule has 3 rings (SSSR count). The van der Waals surface area contributed by atoms with Gasteiger partial charge in [-0.15, -0.1) is 0 Å². The maximum absolute atomic E-state index is 12.2. The van der Waals surface area contributed by atoms with E-state index in [9.17, 15) is 4.79 Å². The van der Waals surface area contributed by atoms with Crippen molar-refractivity contribution in [3.05, 3.63) is 23.5 Å². The smallest absolute Gasteiger partial charge is 0.321 e. The molecule has 0 bridgehead atoms. The van der Waals surface area contributed by atoms with Gasteiger partial charge in [-0.2, -0.15) is 4.98 Å².